The number of hydrogen-bond acceptors (Lipinski definition) is 5. The van der Waals surface area contributed by atoms with Crippen molar-refractivity contribution in [2.75, 3.05) is 0 Å². The molecule has 65 heavy (non-hydrogen) atoms. The van der Waals surface area contributed by atoms with Gasteiger partial charge in [0, 0.05) is 49.7 Å². The van der Waals surface area contributed by atoms with Crippen LogP contribution in [0.15, 0.2) is 203 Å². The maximum absolute atomic E-state index is 7.23. The fourth-order valence-corrected chi connectivity index (χ4v) is 10.6. The van der Waals surface area contributed by atoms with E-state index in [1.54, 1.807) is 0 Å². The maximum Gasteiger partial charge on any atom is 0.164 e. The van der Waals surface area contributed by atoms with E-state index in [1.165, 1.54) is 43.8 Å². The summed E-state index contributed by atoms with van der Waals surface area (Å²) in [7, 11) is 0. The Morgan fingerprint density at radius 1 is 0.369 bits per heavy atom. The van der Waals surface area contributed by atoms with E-state index < -0.39 is 0 Å². The predicted octanol–water partition coefficient (Wildman–Crippen LogP) is 15.9. The first-order valence-electron chi connectivity index (χ1n) is 22.3. The van der Waals surface area contributed by atoms with Gasteiger partial charge in [0.05, 0.1) is 0 Å². The summed E-state index contributed by atoms with van der Waals surface area (Å²) in [6.45, 7) is 0. The van der Waals surface area contributed by atoms with Crippen LogP contribution >= 0.6 is 0 Å². The van der Waals surface area contributed by atoms with Gasteiger partial charge >= 0.3 is 0 Å². The Balaban J connectivity index is 1.05. The van der Waals surface area contributed by atoms with Gasteiger partial charge in [-0.05, 0) is 116 Å². The average Bonchev–Trinajstić information content (AvgIpc) is 3.89. The Hall–Kier alpha value is -8.41. The number of aromatic nitrogens is 3. The summed E-state index contributed by atoms with van der Waals surface area (Å²) in [4.78, 5) is 15.9. The Morgan fingerprint density at radius 2 is 0.969 bits per heavy atom. The van der Waals surface area contributed by atoms with Gasteiger partial charge in [0.15, 0.2) is 17.5 Å². The molecular formula is C60H37N3O2. The molecule has 1 unspecified atom stereocenters. The SMILES string of the molecule is c1ccc(-c2nc(-c3cccc4oc5ccccc5c34)nc(-c3ccc(C4CCc5cc6ccccc6cc5-c5cc6ccccc6cc54)c4oc5cc6ccccc6cc5c34)n2)cc1. The molecule has 3 heterocycles. The molecule has 1 aliphatic rings. The average molecular weight is 832 g/mol. The van der Waals surface area contributed by atoms with Crippen LogP contribution in [0.1, 0.15) is 29.0 Å². The lowest BCUT2D eigenvalue weighted by atomic mass is 9.83. The van der Waals surface area contributed by atoms with Gasteiger partial charge in [-0.2, -0.15) is 0 Å². The molecule has 1 atom stereocenters. The standard InChI is InChI=1S/C60H37N3O2/c1-2-13-35(14-3-1)58-61-59(46-22-12-24-53-55(46)45-21-10-11-23-52(45)64-53)63-60(62-58)47-28-27-44(57-56(47)51-33-40-19-8-9-20-41(40)34-54(51)65-57)43-26-25-42-29-36-15-4-5-16-37(36)30-48(42)50-32-39-18-7-6-17-38(39)31-49(43)50/h1-24,27-34,43H,25-26H2. The molecule has 3 aromatic heterocycles. The van der Waals surface area contributed by atoms with Crippen LogP contribution in [0.3, 0.4) is 0 Å². The van der Waals surface area contributed by atoms with Crippen molar-refractivity contribution in [3.8, 4) is 45.3 Å². The van der Waals surface area contributed by atoms with Gasteiger partial charge < -0.3 is 8.83 Å². The topological polar surface area (TPSA) is 65.0 Å². The van der Waals surface area contributed by atoms with Crippen LogP contribution in [0.2, 0.25) is 0 Å². The van der Waals surface area contributed by atoms with Gasteiger partial charge in [0.2, 0.25) is 0 Å². The van der Waals surface area contributed by atoms with Gasteiger partial charge in [0.1, 0.15) is 22.3 Å². The minimum atomic E-state index is 0.0393. The van der Waals surface area contributed by atoms with Crippen LogP contribution in [0.25, 0.3) is 121 Å². The Morgan fingerprint density at radius 3 is 1.74 bits per heavy atom. The number of hydrogen-bond donors (Lipinski definition) is 0. The molecule has 0 amide bonds. The summed E-state index contributed by atoms with van der Waals surface area (Å²) in [5, 5.41) is 11.3. The van der Waals surface area contributed by atoms with Crippen LogP contribution < -0.4 is 0 Å². The van der Waals surface area contributed by atoms with Crippen molar-refractivity contribution in [2.24, 2.45) is 0 Å². The zero-order chi connectivity index (χ0) is 42.6. The first kappa shape index (κ1) is 36.1. The number of para-hydroxylation sites is 1. The zero-order valence-electron chi connectivity index (χ0n) is 35.1. The Kier molecular flexibility index (Phi) is 7.80. The molecule has 0 radical (unpaired) electrons. The van der Waals surface area contributed by atoms with Crippen molar-refractivity contribution < 1.29 is 8.83 Å². The molecule has 0 spiro atoms. The van der Waals surface area contributed by atoms with Crippen molar-refractivity contribution in [3.05, 3.63) is 211 Å². The van der Waals surface area contributed by atoms with Crippen LogP contribution in [-0.4, -0.2) is 15.0 Å². The lowest BCUT2D eigenvalue weighted by Gasteiger charge is -2.21. The highest BCUT2D eigenvalue weighted by Crippen LogP contribution is 2.49. The van der Waals surface area contributed by atoms with E-state index in [-0.39, 0.29) is 5.92 Å². The third-order valence-corrected chi connectivity index (χ3v) is 13.7. The first-order valence-corrected chi connectivity index (χ1v) is 22.3. The molecule has 13 aromatic rings. The zero-order valence-corrected chi connectivity index (χ0v) is 35.1. The van der Waals surface area contributed by atoms with Crippen molar-refractivity contribution >= 4 is 76.2 Å². The van der Waals surface area contributed by atoms with Crippen molar-refractivity contribution in [1.29, 1.82) is 0 Å². The second-order valence-electron chi connectivity index (χ2n) is 17.4. The number of fused-ring (bicyclic) bond motifs is 12. The smallest absolute Gasteiger partial charge is 0.164 e. The van der Waals surface area contributed by atoms with E-state index in [0.717, 1.165) is 89.7 Å². The molecule has 304 valence electrons. The monoisotopic (exact) mass is 831 g/mol. The largest absolute Gasteiger partial charge is 0.456 e. The lowest BCUT2D eigenvalue weighted by molar-refractivity contribution is 0.647. The highest BCUT2D eigenvalue weighted by Gasteiger charge is 2.30. The molecule has 1 aliphatic carbocycles. The molecule has 0 saturated heterocycles. The summed E-state index contributed by atoms with van der Waals surface area (Å²) in [6, 6.07) is 69.1. The number of nitrogens with zero attached hydrogens (tertiary/aromatic N) is 3. The molecule has 5 heteroatoms. The molecular weight excluding hydrogens is 795 g/mol. The van der Waals surface area contributed by atoms with Crippen LogP contribution in [0.5, 0.6) is 0 Å². The fraction of sp³-hybridized carbons (Fsp3) is 0.0500. The number of furan rings is 2. The van der Waals surface area contributed by atoms with E-state index in [1.807, 2.05) is 48.5 Å². The van der Waals surface area contributed by atoms with E-state index >= 15 is 0 Å². The molecule has 0 aliphatic heterocycles. The van der Waals surface area contributed by atoms with E-state index in [0.29, 0.717) is 17.5 Å². The third kappa shape index (κ3) is 5.68. The summed E-state index contributed by atoms with van der Waals surface area (Å²) in [5.74, 6) is 1.80. The molecule has 5 nitrogen and oxygen atoms in total. The van der Waals surface area contributed by atoms with E-state index in [4.69, 9.17) is 23.8 Å². The van der Waals surface area contributed by atoms with Gasteiger partial charge in [0.25, 0.3) is 0 Å². The molecule has 0 fully saturated rings. The normalized spacial score (nSPS) is 13.9. The number of benzene rings is 10. The summed E-state index contributed by atoms with van der Waals surface area (Å²) in [6.07, 6.45) is 1.84. The maximum atomic E-state index is 7.23. The minimum absolute atomic E-state index is 0.0393. The van der Waals surface area contributed by atoms with Gasteiger partial charge in [-0.1, -0.05) is 146 Å². The highest BCUT2D eigenvalue weighted by molar-refractivity contribution is 6.16. The van der Waals surface area contributed by atoms with Crippen molar-refractivity contribution in [2.45, 2.75) is 18.8 Å². The second-order valence-corrected chi connectivity index (χ2v) is 17.4. The summed E-state index contributed by atoms with van der Waals surface area (Å²) in [5.41, 5.74) is 12.4. The summed E-state index contributed by atoms with van der Waals surface area (Å²) >= 11 is 0. The van der Waals surface area contributed by atoms with Crippen LogP contribution in [-0.2, 0) is 6.42 Å². The quantitative estimate of drug-likeness (QED) is 0.177. The van der Waals surface area contributed by atoms with Gasteiger partial charge in [-0.25, -0.2) is 15.0 Å². The van der Waals surface area contributed by atoms with Crippen molar-refractivity contribution in [3.63, 3.8) is 0 Å². The molecule has 14 rings (SSSR count). The minimum Gasteiger partial charge on any atom is -0.456 e. The number of aryl methyl sites for hydroxylation is 1. The summed E-state index contributed by atoms with van der Waals surface area (Å²) < 4.78 is 13.6. The van der Waals surface area contributed by atoms with E-state index in [2.05, 4.69) is 146 Å². The van der Waals surface area contributed by atoms with Crippen LogP contribution in [0, 0.1) is 0 Å². The third-order valence-electron chi connectivity index (χ3n) is 13.7. The predicted molar refractivity (Wildman–Crippen MR) is 265 cm³/mol. The van der Waals surface area contributed by atoms with Crippen LogP contribution in [0.4, 0.5) is 0 Å². The number of rotatable bonds is 4. The molecule has 0 N–H and O–H groups in total. The van der Waals surface area contributed by atoms with Gasteiger partial charge in [-0.15, -0.1) is 0 Å². The highest BCUT2D eigenvalue weighted by atomic mass is 16.3. The molecule has 0 bridgehead atoms. The Bertz CT molecular complexity index is 4090. The molecule has 10 aromatic carbocycles. The fourth-order valence-electron chi connectivity index (χ4n) is 10.6. The Labute approximate surface area is 373 Å². The van der Waals surface area contributed by atoms with Crippen molar-refractivity contribution in [1.82, 2.24) is 15.0 Å². The lowest BCUT2D eigenvalue weighted by Crippen LogP contribution is -2.04. The van der Waals surface area contributed by atoms with E-state index in [9.17, 15) is 0 Å². The van der Waals surface area contributed by atoms with Gasteiger partial charge in [-0.3, -0.25) is 0 Å². The first-order chi connectivity index (χ1) is 32.2. The molecule has 0 saturated carbocycles. The second kappa shape index (κ2) is 14.0.